The molecule has 33 heavy (non-hydrogen) atoms. The lowest BCUT2D eigenvalue weighted by molar-refractivity contribution is -0.121. The molecule has 170 valence electrons. The molecule has 0 bridgehead atoms. The monoisotopic (exact) mass is 462 g/mol. The van der Waals surface area contributed by atoms with Gasteiger partial charge in [-0.15, -0.1) is 11.8 Å². The van der Waals surface area contributed by atoms with Crippen LogP contribution >= 0.6 is 11.8 Å². The first-order chi connectivity index (χ1) is 16.1. The van der Waals surface area contributed by atoms with Crippen molar-refractivity contribution in [3.63, 3.8) is 0 Å². The van der Waals surface area contributed by atoms with Crippen LogP contribution in [0.3, 0.4) is 0 Å². The van der Waals surface area contributed by atoms with E-state index in [0.717, 1.165) is 22.6 Å². The summed E-state index contributed by atoms with van der Waals surface area (Å²) in [6, 6.07) is 24.9. The molecule has 1 aliphatic heterocycles. The number of hydrogen-bond donors (Lipinski definition) is 1. The van der Waals surface area contributed by atoms with Crippen molar-refractivity contribution in [2.75, 3.05) is 29.2 Å². The van der Waals surface area contributed by atoms with Gasteiger partial charge in [-0.2, -0.15) is 0 Å². The molecule has 1 heterocycles. The molecule has 1 aliphatic rings. The number of ether oxygens (including phenoxy) is 2. The van der Waals surface area contributed by atoms with Gasteiger partial charge in [-0.05, 0) is 54.4 Å². The summed E-state index contributed by atoms with van der Waals surface area (Å²) in [6.45, 7) is 2.88. The zero-order chi connectivity index (χ0) is 23.0. The highest BCUT2D eigenvalue weighted by Crippen LogP contribution is 2.42. The summed E-state index contributed by atoms with van der Waals surface area (Å²) < 4.78 is 11.0. The largest absolute Gasteiger partial charge is 0.494 e. The van der Waals surface area contributed by atoms with E-state index in [9.17, 15) is 9.59 Å². The number of nitrogens with one attached hydrogen (secondary N) is 1. The van der Waals surface area contributed by atoms with Gasteiger partial charge in [-0.25, -0.2) is 0 Å². The van der Waals surface area contributed by atoms with Crippen molar-refractivity contribution in [2.45, 2.75) is 18.9 Å². The molecule has 1 fully saturated rings. The molecule has 0 spiro atoms. The van der Waals surface area contributed by atoms with Gasteiger partial charge < -0.3 is 14.8 Å². The average Bonchev–Trinajstić information content (AvgIpc) is 3.22. The Labute approximate surface area is 197 Å². The summed E-state index contributed by atoms with van der Waals surface area (Å²) in [6.07, 6.45) is 0. The maximum Gasteiger partial charge on any atom is 0.250 e. The van der Waals surface area contributed by atoms with Gasteiger partial charge in [-0.1, -0.05) is 42.5 Å². The first-order valence-electron chi connectivity index (χ1n) is 10.8. The lowest BCUT2D eigenvalue weighted by Gasteiger charge is -2.25. The van der Waals surface area contributed by atoms with Gasteiger partial charge in [0, 0.05) is 11.4 Å². The van der Waals surface area contributed by atoms with E-state index in [4.69, 9.17) is 9.47 Å². The van der Waals surface area contributed by atoms with Gasteiger partial charge in [0.05, 0.1) is 19.0 Å². The average molecular weight is 463 g/mol. The number of anilines is 2. The summed E-state index contributed by atoms with van der Waals surface area (Å²) in [5, 5.41) is 2.72. The van der Waals surface area contributed by atoms with Crippen LogP contribution in [-0.2, 0) is 20.9 Å². The van der Waals surface area contributed by atoms with E-state index in [1.807, 2.05) is 85.8 Å². The highest BCUT2D eigenvalue weighted by atomic mass is 32.2. The topological polar surface area (TPSA) is 67.9 Å². The minimum atomic E-state index is -0.221. The number of hydrogen-bond acceptors (Lipinski definition) is 5. The maximum absolute atomic E-state index is 12.7. The normalized spacial score (nSPS) is 15.5. The van der Waals surface area contributed by atoms with E-state index in [1.54, 1.807) is 16.7 Å². The fourth-order valence-corrected chi connectivity index (χ4v) is 4.79. The Morgan fingerprint density at radius 2 is 1.85 bits per heavy atom. The van der Waals surface area contributed by atoms with Crippen LogP contribution in [0.1, 0.15) is 23.4 Å². The quantitative estimate of drug-likeness (QED) is 0.484. The maximum atomic E-state index is 12.7. The SMILES string of the molecule is CCOc1ccc(N2C(=O)CSC2c2cccc(NC(=O)COCc3ccccc3)c2)cc1. The van der Waals surface area contributed by atoms with Gasteiger partial charge in [-0.3, -0.25) is 14.5 Å². The molecule has 0 saturated carbocycles. The number of rotatable bonds is 9. The predicted octanol–water partition coefficient (Wildman–Crippen LogP) is 5.02. The van der Waals surface area contributed by atoms with Crippen molar-refractivity contribution < 1.29 is 19.1 Å². The second-order valence-corrected chi connectivity index (χ2v) is 8.57. The number of benzene rings is 3. The number of carbonyl (C=O) groups is 2. The Hall–Kier alpha value is -3.29. The molecule has 3 aromatic rings. The van der Waals surface area contributed by atoms with Gasteiger partial charge in [0.1, 0.15) is 17.7 Å². The fourth-order valence-electron chi connectivity index (χ4n) is 3.62. The summed E-state index contributed by atoms with van der Waals surface area (Å²) in [7, 11) is 0. The Balaban J connectivity index is 1.40. The smallest absolute Gasteiger partial charge is 0.250 e. The van der Waals surface area contributed by atoms with E-state index in [0.29, 0.717) is 24.7 Å². The van der Waals surface area contributed by atoms with Crippen molar-refractivity contribution in [3.05, 3.63) is 90.0 Å². The van der Waals surface area contributed by atoms with E-state index >= 15 is 0 Å². The summed E-state index contributed by atoms with van der Waals surface area (Å²) in [5.41, 5.74) is 3.46. The molecule has 7 heteroatoms. The van der Waals surface area contributed by atoms with Crippen LogP contribution in [0.2, 0.25) is 0 Å². The van der Waals surface area contributed by atoms with Crippen LogP contribution < -0.4 is 15.0 Å². The molecular formula is C26H26N2O4S. The highest BCUT2D eigenvalue weighted by molar-refractivity contribution is 8.00. The Kier molecular flexibility index (Phi) is 7.65. The van der Waals surface area contributed by atoms with Gasteiger partial charge in [0.15, 0.2) is 0 Å². The molecule has 2 amide bonds. The van der Waals surface area contributed by atoms with Crippen LogP contribution in [0.4, 0.5) is 11.4 Å². The Morgan fingerprint density at radius 3 is 2.61 bits per heavy atom. The molecule has 1 saturated heterocycles. The zero-order valence-corrected chi connectivity index (χ0v) is 19.2. The van der Waals surface area contributed by atoms with E-state index in [1.165, 1.54) is 0 Å². The fraction of sp³-hybridized carbons (Fsp3) is 0.231. The second-order valence-electron chi connectivity index (χ2n) is 7.51. The first kappa shape index (κ1) is 22.9. The molecule has 0 aromatic heterocycles. The highest BCUT2D eigenvalue weighted by Gasteiger charge is 2.34. The van der Waals surface area contributed by atoms with Crippen molar-refractivity contribution in [1.82, 2.24) is 0 Å². The van der Waals surface area contributed by atoms with Crippen LogP contribution in [0.25, 0.3) is 0 Å². The molecule has 1 unspecified atom stereocenters. The van der Waals surface area contributed by atoms with Crippen molar-refractivity contribution >= 4 is 35.0 Å². The standard InChI is InChI=1S/C26H26N2O4S/c1-2-32-23-13-11-22(12-14-23)28-25(30)18-33-26(28)20-9-6-10-21(15-20)27-24(29)17-31-16-19-7-4-3-5-8-19/h3-15,26H,2,16-18H2,1H3,(H,27,29). The predicted molar refractivity (Wildman–Crippen MR) is 131 cm³/mol. The lowest BCUT2D eigenvalue weighted by atomic mass is 10.1. The second kappa shape index (κ2) is 11.0. The van der Waals surface area contributed by atoms with Crippen LogP contribution in [0, 0.1) is 0 Å². The van der Waals surface area contributed by atoms with Gasteiger partial charge in [0.25, 0.3) is 0 Å². The summed E-state index contributed by atoms with van der Waals surface area (Å²) in [4.78, 5) is 26.8. The summed E-state index contributed by atoms with van der Waals surface area (Å²) in [5.74, 6) is 1.01. The molecule has 6 nitrogen and oxygen atoms in total. The third-order valence-electron chi connectivity index (χ3n) is 5.09. The third-order valence-corrected chi connectivity index (χ3v) is 6.31. The van der Waals surface area contributed by atoms with Crippen molar-refractivity contribution in [1.29, 1.82) is 0 Å². The van der Waals surface area contributed by atoms with Crippen LogP contribution in [0.5, 0.6) is 5.75 Å². The lowest BCUT2D eigenvalue weighted by Crippen LogP contribution is -2.27. The molecule has 0 radical (unpaired) electrons. The summed E-state index contributed by atoms with van der Waals surface area (Å²) >= 11 is 1.57. The minimum Gasteiger partial charge on any atom is -0.494 e. The number of carbonyl (C=O) groups excluding carboxylic acids is 2. The van der Waals surface area contributed by atoms with Gasteiger partial charge in [0.2, 0.25) is 11.8 Å². The van der Waals surface area contributed by atoms with E-state index in [2.05, 4.69) is 5.32 Å². The Bertz CT molecular complexity index is 1090. The molecule has 3 aromatic carbocycles. The first-order valence-corrected chi connectivity index (χ1v) is 11.9. The van der Waals surface area contributed by atoms with Gasteiger partial charge >= 0.3 is 0 Å². The van der Waals surface area contributed by atoms with Crippen LogP contribution in [-0.4, -0.2) is 30.8 Å². The van der Waals surface area contributed by atoms with Crippen molar-refractivity contribution in [3.8, 4) is 5.75 Å². The van der Waals surface area contributed by atoms with Crippen LogP contribution in [0.15, 0.2) is 78.9 Å². The molecule has 1 atom stereocenters. The third kappa shape index (κ3) is 5.94. The Morgan fingerprint density at radius 1 is 1.06 bits per heavy atom. The number of thioether (sulfide) groups is 1. The molecule has 1 N–H and O–H groups in total. The number of nitrogens with zero attached hydrogens (tertiary/aromatic N) is 1. The molecule has 4 rings (SSSR count). The molecule has 0 aliphatic carbocycles. The minimum absolute atomic E-state index is 0.0336. The zero-order valence-electron chi connectivity index (χ0n) is 18.4. The molecular weight excluding hydrogens is 436 g/mol. The van der Waals surface area contributed by atoms with E-state index < -0.39 is 0 Å². The van der Waals surface area contributed by atoms with Crippen molar-refractivity contribution in [2.24, 2.45) is 0 Å². The number of amides is 2. The van der Waals surface area contributed by atoms with E-state index in [-0.39, 0.29) is 23.8 Å².